The van der Waals surface area contributed by atoms with Gasteiger partial charge in [-0.05, 0) is 12.5 Å². The van der Waals surface area contributed by atoms with Gasteiger partial charge in [-0.3, -0.25) is 4.79 Å². The highest BCUT2D eigenvalue weighted by atomic mass is 35.5. The average Bonchev–Trinajstić information content (AvgIpc) is 2.83. The zero-order valence-electron chi connectivity index (χ0n) is 10.2. The first-order chi connectivity index (χ1) is 8.52. The van der Waals surface area contributed by atoms with Crippen LogP contribution in [0.5, 0.6) is 0 Å². The van der Waals surface area contributed by atoms with Gasteiger partial charge in [-0.15, -0.1) is 0 Å². The molecule has 18 heavy (non-hydrogen) atoms. The van der Waals surface area contributed by atoms with E-state index in [1.54, 1.807) is 12.3 Å². The summed E-state index contributed by atoms with van der Waals surface area (Å²) in [7, 11) is 0. The van der Waals surface area contributed by atoms with Gasteiger partial charge in [0, 0.05) is 25.8 Å². The number of hydrogen-bond acceptors (Lipinski definition) is 3. The molecule has 1 aliphatic rings. The number of aromatic nitrogens is 1. The van der Waals surface area contributed by atoms with Crippen molar-refractivity contribution < 1.29 is 15.0 Å². The van der Waals surface area contributed by atoms with Crippen LogP contribution in [0.25, 0.3) is 0 Å². The average molecular weight is 273 g/mol. The summed E-state index contributed by atoms with van der Waals surface area (Å²) >= 11 is 5.92. The number of amides is 1. The Morgan fingerprint density at radius 3 is 2.61 bits per heavy atom. The van der Waals surface area contributed by atoms with E-state index in [0.717, 1.165) is 6.42 Å². The summed E-state index contributed by atoms with van der Waals surface area (Å²) in [5, 5.41) is 19.5. The van der Waals surface area contributed by atoms with E-state index in [2.05, 4.69) is 0 Å². The van der Waals surface area contributed by atoms with E-state index in [-0.39, 0.29) is 19.0 Å². The first-order valence-corrected chi connectivity index (χ1v) is 6.41. The van der Waals surface area contributed by atoms with Gasteiger partial charge in [0.2, 0.25) is 0 Å². The molecule has 2 rings (SSSR count). The van der Waals surface area contributed by atoms with Gasteiger partial charge in [0.15, 0.2) is 0 Å². The van der Waals surface area contributed by atoms with Crippen molar-refractivity contribution >= 4 is 17.5 Å². The first kappa shape index (κ1) is 13.4. The molecular weight excluding hydrogens is 256 g/mol. The number of halogens is 1. The third-order valence-electron chi connectivity index (χ3n) is 3.09. The largest absolute Gasteiger partial charge is 0.388 e. The van der Waals surface area contributed by atoms with Crippen LogP contribution >= 0.6 is 11.6 Å². The van der Waals surface area contributed by atoms with Gasteiger partial charge < -0.3 is 19.7 Å². The van der Waals surface area contributed by atoms with Crippen molar-refractivity contribution in [3.63, 3.8) is 0 Å². The number of hydrogen-bond donors (Lipinski definition) is 2. The summed E-state index contributed by atoms with van der Waals surface area (Å²) in [4.78, 5) is 13.7. The molecule has 0 unspecified atom stereocenters. The molecule has 0 saturated carbocycles. The quantitative estimate of drug-likeness (QED) is 0.853. The fraction of sp³-hybridized carbons (Fsp3) is 0.583. The maximum absolute atomic E-state index is 12.3. The van der Waals surface area contributed by atoms with Crippen LogP contribution in [0.1, 0.15) is 23.8 Å². The molecule has 100 valence electrons. The summed E-state index contributed by atoms with van der Waals surface area (Å²) < 4.78 is 1.81. The van der Waals surface area contributed by atoms with E-state index >= 15 is 0 Å². The summed E-state index contributed by atoms with van der Waals surface area (Å²) in [5.41, 5.74) is 0.503. The van der Waals surface area contributed by atoms with Crippen molar-refractivity contribution in [2.24, 2.45) is 0 Å². The Morgan fingerprint density at radius 2 is 2.06 bits per heavy atom. The Morgan fingerprint density at radius 1 is 1.44 bits per heavy atom. The molecule has 5 nitrogen and oxygen atoms in total. The van der Waals surface area contributed by atoms with Crippen LogP contribution in [0.2, 0.25) is 5.02 Å². The lowest BCUT2D eigenvalue weighted by Crippen LogP contribution is -2.31. The number of aliphatic hydroxyl groups is 2. The number of rotatable bonds is 3. The number of aryl methyl sites for hydroxylation is 1. The van der Waals surface area contributed by atoms with E-state index in [0.29, 0.717) is 17.3 Å². The zero-order chi connectivity index (χ0) is 13.3. The predicted molar refractivity (Wildman–Crippen MR) is 67.7 cm³/mol. The number of likely N-dealkylation sites (tertiary alicyclic amines) is 1. The molecule has 6 heteroatoms. The van der Waals surface area contributed by atoms with Crippen LogP contribution in [0.3, 0.4) is 0 Å². The Kier molecular flexibility index (Phi) is 3.94. The molecule has 1 amide bonds. The fourth-order valence-corrected chi connectivity index (χ4v) is 2.40. The molecule has 1 aliphatic heterocycles. The second kappa shape index (κ2) is 5.30. The molecule has 0 bridgehead atoms. The Hall–Kier alpha value is -1.04. The molecule has 2 N–H and O–H groups in total. The van der Waals surface area contributed by atoms with Gasteiger partial charge in [-0.2, -0.15) is 0 Å². The molecule has 0 aromatic carbocycles. The molecule has 2 heterocycles. The monoisotopic (exact) mass is 272 g/mol. The van der Waals surface area contributed by atoms with Gasteiger partial charge >= 0.3 is 0 Å². The minimum Gasteiger partial charge on any atom is -0.388 e. The molecular formula is C12H17ClN2O3. The summed E-state index contributed by atoms with van der Waals surface area (Å²) in [6.45, 7) is 3.06. The second-order valence-electron chi connectivity index (χ2n) is 4.58. The van der Waals surface area contributed by atoms with E-state index in [9.17, 15) is 15.0 Å². The van der Waals surface area contributed by atoms with Crippen LogP contribution in [0.4, 0.5) is 0 Å². The topological polar surface area (TPSA) is 65.7 Å². The number of carbonyl (C=O) groups excluding carboxylic acids is 1. The van der Waals surface area contributed by atoms with Crippen molar-refractivity contribution in [2.45, 2.75) is 32.1 Å². The van der Waals surface area contributed by atoms with Crippen molar-refractivity contribution in [3.05, 3.63) is 23.0 Å². The van der Waals surface area contributed by atoms with Gasteiger partial charge in [0.1, 0.15) is 5.69 Å². The highest BCUT2D eigenvalue weighted by molar-refractivity contribution is 6.31. The van der Waals surface area contributed by atoms with E-state index < -0.39 is 12.2 Å². The van der Waals surface area contributed by atoms with E-state index in [1.165, 1.54) is 4.90 Å². The number of aliphatic hydroxyl groups excluding tert-OH is 2. The van der Waals surface area contributed by atoms with Crippen molar-refractivity contribution in [2.75, 3.05) is 13.1 Å². The maximum Gasteiger partial charge on any atom is 0.270 e. The SMILES string of the molecule is CCCn1cc(Cl)cc1C(=O)N1C[C@@H](O)[C@@H](O)C1. The Labute approximate surface area is 111 Å². The van der Waals surface area contributed by atoms with Crippen LogP contribution in [0.15, 0.2) is 12.3 Å². The molecule has 2 atom stereocenters. The number of nitrogens with zero attached hydrogens (tertiary/aromatic N) is 2. The lowest BCUT2D eigenvalue weighted by Gasteiger charge is -2.16. The van der Waals surface area contributed by atoms with Crippen LogP contribution < -0.4 is 0 Å². The molecule has 1 saturated heterocycles. The lowest BCUT2D eigenvalue weighted by atomic mass is 10.3. The summed E-state index contributed by atoms with van der Waals surface area (Å²) in [6, 6.07) is 1.62. The Balaban J connectivity index is 2.18. The highest BCUT2D eigenvalue weighted by Gasteiger charge is 2.33. The van der Waals surface area contributed by atoms with Gasteiger partial charge in [0.05, 0.1) is 17.2 Å². The molecule has 1 aromatic rings. The van der Waals surface area contributed by atoms with Crippen LogP contribution in [0, 0.1) is 0 Å². The second-order valence-corrected chi connectivity index (χ2v) is 5.02. The third kappa shape index (κ3) is 2.53. The summed E-state index contributed by atoms with van der Waals surface area (Å²) in [6.07, 6.45) is 0.899. The van der Waals surface area contributed by atoms with Crippen molar-refractivity contribution in [3.8, 4) is 0 Å². The minimum atomic E-state index is -0.862. The smallest absolute Gasteiger partial charge is 0.270 e. The lowest BCUT2D eigenvalue weighted by molar-refractivity contribution is 0.0572. The molecule has 1 aromatic heterocycles. The van der Waals surface area contributed by atoms with Crippen molar-refractivity contribution in [1.82, 2.24) is 9.47 Å². The molecule has 0 spiro atoms. The van der Waals surface area contributed by atoms with Crippen LogP contribution in [-0.2, 0) is 6.54 Å². The number of carbonyl (C=O) groups is 1. The normalized spacial score (nSPS) is 23.7. The Bertz CT molecular complexity index is 437. The first-order valence-electron chi connectivity index (χ1n) is 6.04. The van der Waals surface area contributed by atoms with Gasteiger partial charge in [0.25, 0.3) is 5.91 Å². The molecule has 1 fully saturated rings. The van der Waals surface area contributed by atoms with Crippen molar-refractivity contribution in [1.29, 1.82) is 0 Å². The predicted octanol–water partition coefficient (Wildman–Crippen LogP) is 0.729. The standard InChI is InChI=1S/C12H17ClN2O3/c1-2-3-14-5-8(13)4-9(14)12(18)15-6-10(16)11(17)7-15/h4-5,10-11,16-17H,2-3,6-7H2,1H3/t10-,11+. The minimum absolute atomic E-state index is 0.162. The highest BCUT2D eigenvalue weighted by Crippen LogP contribution is 2.19. The zero-order valence-corrected chi connectivity index (χ0v) is 11.0. The summed E-state index contributed by atoms with van der Waals surface area (Å²) in [5.74, 6) is -0.203. The fourth-order valence-electron chi connectivity index (χ4n) is 2.18. The van der Waals surface area contributed by atoms with Gasteiger partial charge in [-0.25, -0.2) is 0 Å². The van der Waals surface area contributed by atoms with E-state index in [4.69, 9.17) is 11.6 Å². The maximum atomic E-state index is 12.3. The van der Waals surface area contributed by atoms with E-state index in [1.807, 2.05) is 11.5 Å². The number of β-amino-alcohol motifs (C(OH)–C–C–N with tert-alkyl or cyclic N) is 2. The van der Waals surface area contributed by atoms with Gasteiger partial charge in [-0.1, -0.05) is 18.5 Å². The molecule has 0 aliphatic carbocycles. The molecule has 0 radical (unpaired) electrons. The third-order valence-corrected chi connectivity index (χ3v) is 3.30. The van der Waals surface area contributed by atoms with Crippen LogP contribution in [-0.4, -0.2) is 50.9 Å².